The molecule has 0 spiro atoms. The van der Waals surface area contributed by atoms with Gasteiger partial charge in [-0.3, -0.25) is 13.9 Å². The molecular formula is C32H40ClN3O4S. The van der Waals surface area contributed by atoms with Gasteiger partial charge in [-0.1, -0.05) is 77.8 Å². The smallest absolute Gasteiger partial charge is 0.243 e. The molecule has 0 aliphatic carbocycles. The van der Waals surface area contributed by atoms with Crippen LogP contribution in [0.3, 0.4) is 0 Å². The number of aryl methyl sites for hydroxylation is 1. The van der Waals surface area contributed by atoms with E-state index < -0.39 is 21.6 Å². The van der Waals surface area contributed by atoms with Crippen LogP contribution in [0.2, 0.25) is 5.02 Å². The molecule has 0 saturated heterocycles. The van der Waals surface area contributed by atoms with Crippen molar-refractivity contribution in [2.45, 2.75) is 65.1 Å². The Labute approximate surface area is 249 Å². The minimum atomic E-state index is -3.61. The lowest BCUT2D eigenvalue weighted by Crippen LogP contribution is -2.54. The van der Waals surface area contributed by atoms with Crippen LogP contribution >= 0.6 is 11.6 Å². The molecule has 3 rings (SSSR count). The SMILES string of the molecule is Cc1cccc(CN(C(=O)CCCN(c2cccc(Cl)c2)S(C)(=O)=O)[C@@H](Cc2ccccc2)C(=O)NC(C)(C)C)c1. The summed E-state index contributed by atoms with van der Waals surface area (Å²) in [5.41, 5.74) is 2.86. The van der Waals surface area contributed by atoms with Gasteiger partial charge in [0, 0.05) is 36.5 Å². The van der Waals surface area contributed by atoms with E-state index in [9.17, 15) is 18.0 Å². The quantitative estimate of drug-likeness (QED) is 0.288. The summed E-state index contributed by atoms with van der Waals surface area (Å²) in [5, 5.41) is 3.48. The van der Waals surface area contributed by atoms with Crippen LogP contribution in [0.25, 0.3) is 0 Å². The molecule has 0 saturated carbocycles. The Morgan fingerprint density at radius 1 is 0.927 bits per heavy atom. The third kappa shape index (κ3) is 10.2. The van der Waals surface area contributed by atoms with Gasteiger partial charge in [-0.15, -0.1) is 0 Å². The number of carbonyl (C=O) groups is 2. The lowest BCUT2D eigenvalue weighted by atomic mass is 10.00. The molecule has 0 heterocycles. The van der Waals surface area contributed by atoms with Crippen molar-refractivity contribution in [1.82, 2.24) is 10.2 Å². The Balaban J connectivity index is 1.90. The van der Waals surface area contributed by atoms with E-state index in [2.05, 4.69) is 5.32 Å². The average molecular weight is 598 g/mol. The second-order valence-electron chi connectivity index (χ2n) is 11.4. The van der Waals surface area contributed by atoms with E-state index in [1.807, 2.05) is 82.3 Å². The van der Waals surface area contributed by atoms with Crippen LogP contribution in [-0.2, 0) is 32.6 Å². The molecule has 1 atom stereocenters. The highest BCUT2D eigenvalue weighted by atomic mass is 35.5. The Morgan fingerprint density at radius 2 is 1.59 bits per heavy atom. The minimum Gasteiger partial charge on any atom is -0.350 e. The molecule has 220 valence electrons. The molecule has 0 radical (unpaired) electrons. The summed E-state index contributed by atoms with van der Waals surface area (Å²) >= 11 is 6.11. The molecule has 0 aliphatic heterocycles. The third-order valence-corrected chi connectivity index (χ3v) is 7.88. The average Bonchev–Trinajstić information content (AvgIpc) is 2.87. The molecular weight excluding hydrogens is 558 g/mol. The predicted molar refractivity (Wildman–Crippen MR) is 166 cm³/mol. The number of carbonyl (C=O) groups excluding carboxylic acids is 2. The molecule has 0 fully saturated rings. The molecule has 2 amide bonds. The molecule has 3 aromatic carbocycles. The maximum Gasteiger partial charge on any atom is 0.243 e. The third-order valence-electron chi connectivity index (χ3n) is 6.45. The number of hydrogen-bond acceptors (Lipinski definition) is 4. The lowest BCUT2D eigenvalue weighted by molar-refractivity contribution is -0.142. The number of benzene rings is 3. The van der Waals surface area contributed by atoms with E-state index >= 15 is 0 Å². The number of rotatable bonds is 12. The second kappa shape index (κ2) is 14.0. The van der Waals surface area contributed by atoms with Gasteiger partial charge in [-0.05, 0) is 63.4 Å². The van der Waals surface area contributed by atoms with Crippen molar-refractivity contribution in [2.24, 2.45) is 0 Å². The second-order valence-corrected chi connectivity index (χ2v) is 13.7. The van der Waals surface area contributed by atoms with Crippen molar-refractivity contribution in [2.75, 3.05) is 17.1 Å². The first-order chi connectivity index (χ1) is 19.2. The first-order valence-corrected chi connectivity index (χ1v) is 15.9. The highest BCUT2D eigenvalue weighted by Gasteiger charge is 2.32. The maximum absolute atomic E-state index is 13.9. The van der Waals surface area contributed by atoms with E-state index in [1.54, 1.807) is 29.2 Å². The molecule has 0 aliphatic rings. The Kier molecular flexibility index (Phi) is 11.0. The maximum atomic E-state index is 13.9. The van der Waals surface area contributed by atoms with Crippen molar-refractivity contribution in [3.05, 3.63) is 101 Å². The van der Waals surface area contributed by atoms with Gasteiger partial charge in [-0.2, -0.15) is 0 Å². The van der Waals surface area contributed by atoms with Crippen LogP contribution in [0.15, 0.2) is 78.9 Å². The van der Waals surface area contributed by atoms with Crippen LogP contribution in [0.5, 0.6) is 0 Å². The molecule has 1 N–H and O–H groups in total. The first-order valence-electron chi connectivity index (χ1n) is 13.7. The fourth-order valence-corrected chi connectivity index (χ4v) is 5.79. The summed E-state index contributed by atoms with van der Waals surface area (Å²) in [6.07, 6.45) is 1.80. The standard InChI is InChI=1S/C32H40ClN3O4S/c1-24-12-9-15-26(20-24)23-35(29(31(38)34-32(2,3)4)21-25-13-7-6-8-14-25)30(37)18-11-19-36(41(5,39)40)28-17-10-16-27(33)22-28/h6-10,12-17,20,22,29H,11,18-19,21,23H2,1-5H3,(H,34,38)/t29-/m0/s1. The van der Waals surface area contributed by atoms with Gasteiger partial charge in [0.25, 0.3) is 0 Å². The van der Waals surface area contributed by atoms with Gasteiger partial charge in [0.05, 0.1) is 11.9 Å². The summed E-state index contributed by atoms with van der Waals surface area (Å²) in [6, 6.07) is 23.4. The summed E-state index contributed by atoms with van der Waals surface area (Å²) in [5.74, 6) is -0.463. The molecule has 0 aromatic heterocycles. The van der Waals surface area contributed by atoms with Crippen LogP contribution in [0.1, 0.15) is 50.3 Å². The number of amides is 2. The van der Waals surface area contributed by atoms with Gasteiger partial charge in [0.15, 0.2) is 0 Å². The largest absolute Gasteiger partial charge is 0.350 e. The molecule has 41 heavy (non-hydrogen) atoms. The summed E-state index contributed by atoms with van der Waals surface area (Å²) < 4.78 is 26.4. The van der Waals surface area contributed by atoms with Crippen LogP contribution in [-0.4, -0.2) is 49.5 Å². The fraction of sp³-hybridized carbons (Fsp3) is 0.375. The van der Waals surface area contributed by atoms with Crippen LogP contribution < -0.4 is 9.62 Å². The number of sulfonamides is 1. The highest BCUT2D eigenvalue weighted by Crippen LogP contribution is 2.23. The molecule has 3 aromatic rings. The number of nitrogens with zero attached hydrogens (tertiary/aromatic N) is 2. The number of halogens is 1. The van der Waals surface area contributed by atoms with Gasteiger partial charge >= 0.3 is 0 Å². The van der Waals surface area contributed by atoms with Crippen molar-refractivity contribution >= 4 is 39.1 Å². The first kappa shape index (κ1) is 32.2. The van der Waals surface area contributed by atoms with Crippen molar-refractivity contribution in [3.63, 3.8) is 0 Å². The van der Waals surface area contributed by atoms with Gasteiger partial charge in [-0.25, -0.2) is 8.42 Å². The monoisotopic (exact) mass is 597 g/mol. The van der Waals surface area contributed by atoms with E-state index in [1.165, 1.54) is 4.31 Å². The topological polar surface area (TPSA) is 86.8 Å². The van der Waals surface area contributed by atoms with Crippen molar-refractivity contribution < 1.29 is 18.0 Å². The molecule has 0 unspecified atom stereocenters. The summed E-state index contributed by atoms with van der Waals surface area (Å²) in [6.45, 7) is 8.06. The van der Waals surface area contributed by atoms with E-state index in [0.717, 1.165) is 22.9 Å². The summed E-state index contributed by atoms with van der Waals surface area (Å²) in [4.78, 5) is 29.2. The van der Waals surface area contributed by atoms with Gasteiger partial charge in [0.2, 0.25) is 21.8 Å². The summed E-state index contributed by atoms with van der Waals surface area (Å²) in [7, 11) is -3.61. The lowest BCUT2D eigenvalue weighted by Gasteiger charge is -2.34. The number of nitrogens with one attached hydrogen (secondary N) is 1. The highest BCUT2D eigenvalue weighted by molar-refractivity contribution is 7.92. The van der Waals surface area contributed by atoms with Gasteiger partial charge < -0.3 is 10.2 Å². The van der Waals surface area contributed by atoms with Crippen LogP contribution in [0.4, 0.5) is 5.69 Å². The number of hydrogen-bond donors (Lipinski definition) is 1. The zero-order valence-electron chi connectivity index (χ0n) is 24.4. The van der Waals surface area contributed by atoms with Crippen LogP contribution in [0, 0.1) is 6.92 Å². The van der Waals surface area contributed by atoms with Crippen molar-refractivity contribution in [3.8, 4) is 0 Å². The van der Waals surface area contributed by atoms with Crippen molar-refractivity contribution in [1.29, 1.82) is 0 Å². The van der Waals surface area contributed by atoms with E-state index in [-0.39, 0.29) is 37.7 Å². The van der Waals surface area contributed by atoms with Gasteiger partial charge in [0.1, 0.15) is 6.04 Å². The zero-order valence-corrected chi connectivity index (χ0v) is 26.0. The Bertz CT molecular complexity index is 1440. The molecule has 9 heteroatoms. The Morgan fingerprint density at radius 3 is 2.20 bits per heavy atom. The van der Waals surface area contributed by atoms with E-state index in [4.69, 9.17) is 11.6 Å². The Hall–Kier alpha value is -3.36. The minimum absolute atomic E-state index is 0.0620. The zero-order chi connectivity index (χ0) is 30.2. The van der Waals surface area contributed by atoms with E-state index in [0.29, 0.717) is 17.1 Å². The fourth-order valence-electron chi connectivity index (χ4n) is 4.65. The normalized spacial score (nSPS) is 12.4. The molecule has 7 nitrogen and oxygen atoms in total. The number of anilines is 1. The predicted octanol–water partition coefficient (Wildman–Crippen LogP) is 5.75. The molecule has 0 bridgehead atoms.